The number of carboxylic acids is 1. The molecule has 0 aliphatic heterocycles. The molecule has 0 aliphatic rings. The Morgan fingerprint density at radius 1 is 1.07 bits per heavy atom. The number of aliphatic carboxylic acids is 1. The largest absolute Gasteiger partial charge is 0.481 e. The third-order valence-electron chi connectivity index (χ3n) is 3.61. The monoisotopic (exact) mass is 378 g/mol. The Hall–Kier alpha value is -2.57. The van der Waals surface area contributed by atoms with Gasteiger partial charge < -0.3 is 20.5 Å². The van der Waals surface area contributed by atoms with E-state index in [9.17, 15) is 19.5 Å². The molecule has 0 fully saturated rings. The van der Waals surface area contributed by atoms with E-state index in [4.69, 9.17) is 4.74 Å². The Morgan fingerprint density at radius 2 is 1.67 bits per heavy atom. The zero-order valence-corrected chi connectivity index (χ0v) is 16.6. The van der Waals surface area contributed by atoms with Crippen LogP contribution in [0.4, 0.5) is 4.79 Å². The molecule has 0 aromatic heterocycles. The molecular weight excluding hydrogens is 348 g/mol. The van der Waals surface area contributed by atoms with E-state index >= 15 is 0 Å². The maximum Gasteiger partial charge on any atom is 0.409 e. The molecule has 7 nitrogen and oxygen atoms in total. The van der Waals surface area contributed by atoms with Crippen molar-refractivity contribution in [2.75, 3.05) is 0 Å². The molecule has 3 N–H and O–H groups in total. The number of carbonyl (C=O) groups excluding carboxylic acids is 2. The average Bonchev–Trinajstić information content (AvgIpc) is 2.51. The predicted octanol–water partition coefficient (Wildman–Crippen LogP) is 2.94. The van der Waals surface area contributed by atoms with Crippen molar-refractivity contribution < 1.29 is 24.2 Å². The van der Waals surface area contributed by atoms with Crippen molar-refractivity contribution in [1.29, 1.82) is 0 Å². The van der Waals surface area contributed by atoms with Crippen LogP contribution in [0.5, 0.6) is 0 Å². The van der Waals surface area contributed by atoms with Crippen molar-refractivity contribution in [3.8, 4) is 0 Å². The number of hydrogen-bond donors (Lipinski definition) is 3. The van der Waals surface area contributed by atoms with Gasteiger partial charge in [0, 0.05) is 6.42 Å². The van der Waals surface area contributed by atoms with Crippen molar-refractivity contribution in [2.24, 2.45) is 11.8 Å². The zero-order valence-electron chi connectivity index (χ0n) is 16.6. The SMILES string of the molecule is CC(C)C[C@H](C(=O)O)C(=O)N[C@@H](Cc1ccccc1)NC(=O)OC(C)(C)C. The van der Waals surface area contributed by atoms with Crippen LogP contribution in [-0.2, 0) is 20.7 Å². The number of carbonyl (C=O) groups is 3. The molecule has 0 unspecified atom stereocenters. The van der Waals surface area contributed by atoms with Gasteiger partial charge in [-0.3, -0.25) is 9.59 Å². The van der Waals surface area contributed by atoms with Gasteiger partial charge in [-0.2, -0.15) is 0 Å². The fraction of sp³-hybridized carbons (Fsp3) is 0.550. The lowest BCUT2D eigenvalue weighted by atomic mass is 9.96. The number of hydrogen-bond acceptors (Lipinski definition) is 4. The molecule has 0 aliphatic carbocycles. The van der Waals surface area contributed by atoms with Crippen molar-refractivity contribution in [3.63, 3.8) is 0 Å². The third-order valence-corrected chi connectivity index (χ3v) is 3.61. The Balaban J connectivity index is 2.90. The molecule has 2 atom stereocenters. The standard InChI is InChI=1S/C20H30N2O5/c1-13(2)11-15(18(24)25)17(23)21-16(12-14-9-7-6-8-10-14)22-19(26)27-20(3,4)5/h6-10,13,15-16H,11-12H2,1-5H3,(H,21,23)(H,22,26)(H,24,25)/t15-,16+/m0/s1. The summed E-state index contributed by atoms with van der Waals surface area (Å²) in [6.45, 7) is 8.91. The third kappa shape index (κ3) is 9.08. The molecule has 27 heavy (non-hydrogen) atoms. The lowest BCUT2D eigenvalue weighted by Gasteiger charge is -2.25. The van der Waals surface area contributed by atoms with E-state index in [1.54, 1.807) is 20.8 Å². The Morgan fingerprint density at radius 3 is 2.15 bits per heavy atom. The molecule has 0 spiro atoms. The van der Waals surface area contributed by atoms with Crippen molar-refractivity contribution >= 4 is 18.0 Å². The highest BCUT2D eigenvalue weighted by Gasteiger charge is 2.29. The molecule has 150 valence electrons. The number of benzene rings is 1. The first kappa shape index (κ1) is 22.5. The summed E-state index contributed by atoms with van der Waals surface area (Å²) in [7, 11) is 0. The fourth-order valence-electron chi connectivity index (χ4n) is 2.50. The molecule has 1 aromatic carbocycles. The number of nitrogens with one attached hydrogen (secondary N) is 2. The van der Waals surface area contributed by atoms with E-state index in [0.29, 0.717) is 6.42 Å². The molecule has 2 amide bonds. The number of rotatable bonds is 8. The first-order valence-electron chi connectivity index (χ1n) is 9.04. The quantitative estimate of drug-likeness (QED) is 0.476. The highest BCUT2D eigenvalue weighted by Crippen LogP contribution is 2.13. The smallest absolute Gasteiger partial charge is 0.409 e. The van der Waals surface area contributed by atoms with Crippen LogP contribution in [-0.4, -0.2) is 34.8 Å². The van der Waals surface area contributed by atoms with Crippen LogP contribution in [0, 0.1) is 11.8 Å². The molecule has 0 saturated heterocycles. The molecule has 1 rings (SSSR count). The normalized spacial score (nSPS) is 13.6. The van der Waals surface area contributed by atoms with Gasteiger partial charge in [-0.15, -0.1) is 0 Å². The van der Waals surface area contributed by atoms with Crippen molar-refractivity contribution in [3.05, 3.63) is 35.9 Å². The second-order valence-electron chi connectivity index (χ2n) is 7.92. The van der Waals surface area contributed by atoms with Gasteiger partial charge in [0.15, 0.2) is 0 Å². The van der Waals surface area contributed by atoms with Crippen LogP contribution < -0.4 is 10.6 Å². The van der Waals surface area contributed by atoms with E-state index in [0.717, 1.165) is 5.56 Å². The van der Waals surface area contributed by atoms with Gasteiger partial charge in [0.05, 0.1) is 0 Å². The predicted molar refractivity (Wildman–Crippen MR) is 102 cm³/mol. The van der Waals surface area contributed by atoms with Crippen LogP contribution in [0.3, 0.4) is 0 Å². The summed E-state index contributed by atoms with van der Waals surface area (Å²) in [6, 6.07) is 9.28. The Kier molecular flexibility index (Phi) is 8.28. The van der Waals surface area contributed by atoms with Gasteiger partial charge in [-0.25, -0.2) is 4.79 Å². The Bertz CT molecular complexity index is 638. The second kappa shape index (κ2) is 9.94. The number of alkyl carbamates (subject to hydrolysis) is 1. The van der Waals surface area contributed by atoms with Gasteiger partial charge in [0.25, 0.3) is 0 Å². The lowest BCUT2D eigenvalue weighted by Crippen LogP contribution is -2.52. The van der Waals surface area contributed by atoms with Gasteiger partial charge in [-0.1, -0.05) is 44.2 Å². The number of ether oxygens (including phenoxy) is 1. The highest BCUT2D eigenvalue weighted by molar-refractivity contribution is 5.97. The Labute approximate surface area is 160 Å². The average molecular weight is 378 g/mol. The molecule has 7 heteroatoms. The minimum absolute atomic E-state index is 0.0447. The van der Waals surface area contributed by atoms with Crippen LogP contribution in [0.15, 0.2) is 30.3 Å². The summed E-state index contributed by atoms with van der Waals surface area (Å²) < 4.78 is 5.24. The number of amides is 2. The van der Waals surface area contributed by atoms with Gasteiger partial charge in [0.1, 0.15) is 17.7 Å². The molecule has 0 radical (unpaired) electrons. The van der Waals surface area contributed by atoms with Crippen LogP contribution >= 0.6 is 0 Å². The van der Waals surface area contributed by atoms with Crippen molar-refractivity contribution in [1.82, 2.24) is 10.6 Å². The summed E-state index contributed by atoms with van der Waals surface area (Å²) in [5, 5.41) is 14.6. The molecule has 1 aromatic rings. The molecular formula is C20H30N2O5. The van der Waals surface area contributed by atoms with E-state index < -0.39 is 35.7 Å². The van der Waals surface area contributed by atoms with Gasteiger partial charge in [0.2, 0.25) is 5.91 Å². The first-order valence-corrected chi connectivity index (χ1v) is 9.04. The maximum absolute atomic E-state index is 12.5. The van der Waals surface area contributed by atoms with E-state index in [1.807, 2.05) is 44.2 Å². The van der Waals surface area contributed by atoms with Gasteiger partial charge in [-0.05, 0) is 38.7 Å². The van der Waals surface area contributed by atoms with Crippen LogP contribution in [0.2, 0.25) is 0 Å². The highest BCUT2D eigenvalue weighted by atomic mass is 16.6. The minimum Gasteiger partial charge on any atom is -0.481 e. The van der Waals surface area contributed by atoms with E-state index in [-0.39, 0.29) is 12.3 Å². The summed E-state index contributed by atoms with van der Waals surface area (Å²) in [5.41, 5.74) is 0.196. The molecule has 0 saturated carbocycles. The minimum atomic E-state index is -1.18. The van der Waals surface area contributed by atoms with Crippen LogP contribution in [0.25, 0.3) is 0 Å². The first-order chi connectivity index (χ1) is 12.5. The topological polar surface area (TPSA) is 105 Å². The maximum atomic E-state index is 12.5. The summed E-state index contributed by atoms with van der Waals surface area (Å²) >= 11 is 0. The fourth-order valence-corrected chi connectivity index (χ4v) is 2.50. The summed E-state index contributed by atoms with van der Waals surface area (Å²) in [6.07, 6.45) is -0.950. The van der Waals surface area contributed by atoms with Gasteiger partial charge >= 0.3 is 12.1 Å². The molecule has 0 bridgehead atoms. The van der Waals surface area contributed by atoms with E-state index in [2.05, 4.69) is 10.6 Å². The number of carboxylic acid groups (broad SMARTS) is 1. The zero-order chi connectivity index (χ0) is 20.6. The van der Waals surface area contributed by atoms with E-state index in [1.165, 1.54) is 0 Å². The summed E-state index contributed by atoms with van der Waals surface area (Å²) in [5.74, 6) is -2.95. The van der Waals surface area contributed by atoms with Crippen LogP contribution in [0.1, 0.15) is 46.6 Å². The molecule has 0 heterocycles. The van der Waals surface area contributed by atoms with Crippen molar-refractivity contribution in [2.45, 2.75) is 59.2 Å². The second-order valence-corrected chi connectivity index (χ2v) is 7.92. The lowest BCUT2D eigenvalue weighted by molar-refractivity contribution is -0.147. The summed E-state index contributed by atoms with van der Waals surface area (Å²) in [4.78, 5) is 36.1.